The molecule has 1 fully saturated rings. The van der Waals surface area contributed by atoms with Gasteiger partial charge in [0.25, 0.3) is 5.91 Å². The first-order chi connectivity index (χ1) is 13.9. The Morgan fingerprint density at radius 2 is 1.86 bits per heavy atom. The van der Waals surface area contributed by atoms with Crippen molar-refractivity contribution in [1.82, 2.24) is 5.32 Å². The molecular formula is C20H23ClN2O5S. The van der Waals surface area contributed by atoms with Gasteiger partial charge in [0.15, 0.2) is 11.5 Å². The van der Waals surface area contributed by atoms with Crippen LogP contribution in [0.15, 0.2) is 36.4 Å². The van der Waals surface area contributed by atoms with E-state index in [1.165, 1.54) is 10.4 Å². The summed E-state index contributed by atoms with van der Waals surface area (Å²) in [4.78, 5) is 12.6. The van der Waals surface area contributed by atoms with E-state index in [-0.39, 0.29) is 18.2 Å². The van der Waals surface area contributed by atoms with Crippen LogP contribution in [0.4, 0.5) is 5.69 Å². The molecule has 1 heterocycles. The van der Waals surface area contributed by atoms with Gasteiger partial charge in [-0.25, -0.2) is 8.42 Å². The summed E-state index contributed by atoms with van der Waals surface area (Å²) in [6, 6.07) is 10.0. The number of anilines is 1. The number of ether oxygens (including phenoxy) is 2. The molecule has 0 saturated carbocycles. The summed E-state index contributed by atoms with van der Waals surface area (Å²) in [5.41, 5.74) is 1.51. The van der Waals surface area contributed by atoms with E-state index in [1.807, 2.05) is 6.07 Å². The van der Waals surface area contributed by atoms with Crippen LogP contribution in [0.25, 0.3) is 0 Å². The molecule has 1 aliphatic heterocycles. The van der Waals surface area contributed by atoms with Gasteiger partial charge in [-0.15, -0.1) is 0 Å². The first-order valence-electron chi connectivity index (χ1n) is 9.15. The second-order valence-corrected chi connectivity index (χ2v) is 9.05. The molecule has 1 aliphatic rings. The molecule has 3 rings (SSSR count). The average molecular weight is 439 g/mol. The molecule has 0 radical (unpaired) electrons. The Bertz CT molecular complexity index is 1010. The highest BCUT2D eigenvalue weighted by molar-refractivity contribution is 7.92. The standard InChI is InChI=1S/C20H23ClN2O5S/c1-27-18-8-5-14(11-19(18)28-2)13-22-20(24)15-6-7-16(21)17(12-15)23-9-3-4-10-29(23,25)26/h5-8,11-12H,3-4,9-10,13H2,1-2H3,(H,22,24). The summed E-state index contributed by atoms with van der Waals surface area (Å²) in [7, 11) is -0.318. The smallest absolute Gasteiger partial charge is 0.251 e. The predicted octanol–water partition coefficient (Wildman–Crippen LogP) is 3.22. The van der Waals surface area contributed by atoms with Crippen molar-refractivity contribution < 1.29 is 22.7 Å². The molecule has 0 aromatic heterocycles. The molecule has 1 saturated heterocycles. The second kappa shape index (κ2) is 8.92. The topological polar surface area (TPSA) is 84.9 Å². The third-order valence-electron chi connectivity index (χ3n) is 4.73. The van der Waals surface area contributed by atoms with E-state index >= 15 is 0 Å². The van der Waals surface area contributed by atoms with Crippen LogP contribution in [-0.4, -0.2) is 40.8 Å². The lowest BCUT2D eigenvalue weighted by atomic mass is 10.1. The molecule has 0 aliphatic carbocycles. The Kier molecular flexibility index (Phi) is 6.54. The molecule has 1 amide bonds. The summed E-state index contributed by atoms with van der Waals surface area (Å²) in [6.45, 7) is 0.637. The second-order valence-electron chi connectivity index (χ2n) is 6.63. The maximum atomic E-state index is 12.6. The Morgan fingerprint density at radius 1 is 1.10 bits per heavy atom. The van der Waals surface area contributed by atoms with E-state index in [0.29, 0.717) is 40.7 Å². The number of nitrogens with zero attached hydrogens (tertiary/aromatic N) is 1. The predicted molar refractivity (Wildman–Crippen MR) is 113 cm³/mol. The van der Waals surface area contributed by atoms with E-state index in [1.54, 1.807) is 38.5 Å². The van der Waals surface area contributed by atoms with Crippen LogP contribution in [0.1, 0.15) is 28.8 Å². The van der Waals surface area contributed by atoms with Crippen LogP contribution in [-0.2, 0) is 16.6 Å². The van der Waals surface area contributed by atoms with E-state index in [9.17, 15) is 13.2 Å². The van der Waals surface area contributed by atoms with Crippen LogP contribution in [0.2, 0.25) is 5.02 Å². The minimum Gasteiger partial charge on any atom is -0.493 e. The number of methoxy groups -OCH3 is 2. The number of carbonyl (C=O) groups is 1. The van der Waals surface area contributed by atoms with Crippen molar-refractivity contribution in [3.8, 4) is 11.5 Å². The summed E-state index contributed by atoms with van der Waals surface area (Å²) in [5, 5.41) is 3.13. The number of carbonyl (C=O) groups excluding carboxylic acids is 1. The molecule has 7 nitrogen and oxygen atoms in total. The number of hydrogen-bond acceptors (Lipinski definition) is 5. The summed E-state index contributed by atoms with van der Waals surface area (Å²) < 4.78 is 36.5. The minimum absolute atomic E-state index is 0.0824. The third kappa shape index (κ3) is 4.76. The number of amides is 1. The highest BCUT2D eigenvalue weighted by Gasteiger charge is 2.28. The number of nitrogens with one attached hydrogen (secondary N) is 1. The molecule has 0 unspecified atom stereocenters. The quantitative estimate of drug-likeness (QED) is 0.748. The third-order valence-corrected chi connectivity index (χ3v) is 6.90. The van der Waals surface area contributed by atoms with Crippen LogP contribution < -0.4 is 19.1 Å². The van der Waals surface area contributed by atoms with Gasteiger partial charge in [0.2, 0.25) is 10.0 Å². The first-order valence-corrected chi connectivity index (χ1v) is 11.1. The number of benzene rings is 2. The van der Waals surface area contributed by atoms with E-state index < -0.39 is 10.0 Å². The molecule has 0 bridgehead atoms. The molecule has 2 aromatic rings. The lowest BCUT2D eigenvalue weighted by Crippen LogP contribution is -2.38. The molecule has 1 N–H and O–H groups in total. The maximum Gasteiger partial charge on any atom is 0.251 e. The van der Waals surface area contributed by atoms with Gasteiger partial charge in [-0.05, 0) is 48.7 Å². The van der Waals surface area contributed by atoms with Crippen molar-refractivity contribution in [1.29, 1.82) is 0 Å². The van der Waals surface area contributed by atoms with Gasteiger partial charge in [-0.2, -0.15) is 0 Å². The Labute approximate surface area is 175 Å². The van der Waals surface area contributed by atoms with Crippen LogP contribution in [0.3, 0.4) is 0 Å². The van der Waals surface area contributed by atoms with Gasteiger partial charge >= 0.3 is 0 Å². The van der Waals surface area contributed by atoms with Crippen molar-refractivity contribution in [2.24, 2.45) is 0 Å². The van der Waals surface area contributed by atoms with Crippen molar-refractivity contribution in [2.75, 3.05) is 30.8 Å². The lowest BCUT2D eigenvalue weighted by Gasteiger charge is -2.29. The first kappa shape index (κ1) is 21.3. The number of hydrogen-bond donors (Lipinski definition) is 1. The number of sulfonamides is 1. The average Bonchev–Trinajstić information content (AvgIpc) is 2.72. The Morgan fingerprint density at radius 3 is 2.55 bits per heavy atom. The zero-order chi connectivity index (χ0) is 21.0. The molecule has 2 aromatic carbocycles. The van der Waals surface area contributed by atoms with Crippen molar-refractivity contribution in [3.05, 3.63) is 52.5 Å². The normalized spacial score (nSPS) is 15.6. The molecule has 29 heavy (non-hydrogen) atoms. The monoisotopic (exact) mass is 438 g/mol. The van der Waals surface area contributed by atoms with E-state index in [4.69, 9.17) is 21.1 Å². The van der Waals surface area contributed by atoms with Crippen LogP contribution in [0.5, 0.6) is 11.5 Å². The molecule has 9 heteroatoms. The number of rotatable bonds is 6. The van der Waals surface area contributed by atoms with E-state index in [0.717, 1.165) is 12.0 Å². The van der Waals surface area contributed by atoms with Gasteiger partial charge in [-0.3, -0.25) is 9.10 Å². The summed E-state index contributed by atoms with van der Waals surface area (Å²) in [6.07, 6.45) is 1.38. The fraction of sp³-hybridized carbons (Fsp3) is 0.350. The highest BCUT2D eigenvalue weighted by atomic mass is 35.5. The van der Waals surface area contributed by atoms with Crippen molar-refractivity contribution in [2.45, 2.75) is 19.4 Å². The SMILES string of the molecule is COc1ccc(CNC(=O)c2ccc(Cl)c(N3CCCCS3(=O)=O)c2)cc1OC. The van der Waals surface area contributed by atoms with Gasteiger partial charge in [0.1, 0.15) is 0 Å². The maximum absolute atomic E-state index is 12.6. The van der Waals surface area contributed by atoms with Crippen molar-refractivity contribution >= 4 is 33.2 Å². The molecular weight excluding hydrogens is 416 g/mol. The Balaban J connectivity index is 1.76. The fourth-order valence-electron chi connectivity index (χ4n) is 3.18. The van der Waals surface area contributed by atoms with E-state index in [2.05, 4.69) is 5.32 Å². The van der Waals surface area contributed by atoms with Crippen molar-refractivity contribution in [3.63, 3.8) is 0 Å². The van der Waals surface area contributed by atoms with Crippen LogP contribution in [0, 0.1) is 0 Å². The molecule has 156 valence electrons. The Hall–Kier alpha value is -2.45. The molecule has 0 atom stereocenters. The zero-order valence-corrected chi connectivity index (χ0v) is 17.8. The van der Waals surface area contributed by atoms with Gasteiger partial charge in [0.05, 0.1) is 30.7 Å². The van der Waals surface area contributed by atoms with Gasteiger partial charge in [0, 0.05) is 18.7 Å². The zero-order valence-electron chi connectivity index (χ0n) is 16.3. The lowest BCUT2D eigenvalue weighted by molar-refractivity contribution is 0.0951. The minimum atomic E-state index is -3.42. The summed E-state index contributed by atoms with van der Waals surface area (Å²) in [5.74, 6) is 0.932. The summed E-state index contributed by atoms with van der Waals surface area (Å²) >= 11 is 6.23. The largest absolute Gasteiger partial charge is 0.493 e. The van der Waals surface area contributed by atoms with Gasteiger partial charge in [-0.1, -0.05) is 17.7 Å². The molecule has 0 spiro atoms. The highest BCUT2D eigenvalue weighted by Crippen LogP contribution is 2.32. The number of halogens is 1. The van der Waals surface area contributed by atoms with Gasteiger partial charge < -0.3 is 14.8 Å². The fourth-order valence-corrected chi connectivity index (χ4v) is 5.10. The van der Waals surface area contributed by atoms with Crippen LogP contribution >= 0.6 is 11.6 Å².